The van der Waals surface area contributed by atoms with Gasteiger partial charge in [-0.05, 0) is 19.4 Å². The smallest absolute Gasteiger partial charge is 0.101 e. The molecule has 116 valence electrons. The third-order valence-corrected chi connectivity index (χ3v) is 4.05. The molecule has 0 bridgehead atoms. The molecule has 1 heterocycles. The van der Waals surface area contributed by atoms with Crippen LogP contribution in [0.15, 0.2) is 16.7 Å². The van der Waals surface area contributed by atoms with Crippen LogP contribution in [0.2, 0.25) is 0 Å². The predicted molar refractivity (Wildman–Crippen MR) is 86.8 cm³/mol. The fourth-order valence-electron chi connectivity index (χ4n) is 2.68. The Hall–Kier alpha value is -0.760. The van der Waals surface area contributed by atoms with Crippen LogP contribution in [0, 0.1) is 6.92 Å². The molecule has 2 heteroatoms. The molecule has 20 heavy (non-hydrogen) atoms. The molecule has 2 nitrogen and oxygen atoms in total. The lowest BCUT2D eigenvalue weighted by atomic mass is 10.0. The molecule has 1 atom stereocenters. The molecule has 1 rings (SSSR count). The van der Waals surface area contributed by atoms with Crippen LogP contribution in [0.1, 0.15) is 94.9 Å². The normalized spacial score (nSPS) is 12.8. The highest BCUT2D eigenvalue weighted by Crippen LogP contribution is 2.20. The van der Waals surface area contributed by atoms with Crippen LogP contribution in [0.5, 0.6) is 0 Å². The number of furan rings is 1. The minimum absolute atomic E-state index is 0.154. The number of hydrogen-bond acceptors (Lipinski definition) is 2. The molecular formula is C18H33NO. The van der Waals surface area contributed by atoms with E-state index >= 15 is 0 Å². The lowest BCUT2D eigenvalue weighted by Crippen LogP contribution is -2.08. The van der Waals surface area contributed by atoms with Crippen molar-refractivity contribution in [1.82, 2.24) is 0 Å². The van der Waals surface area contributed by atoms with Gasteiger partial charge in [0.05, 0.1) is 6.26 Å². The molecule has 0 saturated heterocycles. The zero-order valence-electron chi connectivity index (χ0n) is 13.5. The summed E-state index contributed by atoms with van der Waals surface area (Å²) in [6.07, 6.45) is 16.6. The molecule has 0 aliphatic carbocycles. The van der Waals surface area contributed by atoms with Crippen LogP contribution in [-0.2, 0) is 0 Å². The fourth-order valence-corrected chi connectivity index (χ4v) is 2.68. The van der Waals surface area contributed by atoms with Crippen molar-refractivity contribution in [1.29, 1.82) is 0 Å². The van der Waals surface area contributed by atoms with Gasteiger partial charge < -0.3 is 10.2 Å². The fraction of sp³-hybridized carbons (Fsp3) is 0.778. The van der Waals surface area contributed by atoms with Crippen molar-refractivity contribution in [2.24, 2.45) is 5.73 Å². The second kappa shape index (κ2) is 11.0. The Morgan fingerprint density at radius 1 is 0.950 bits per heavy atom. The maximum absolute atomic E-state index is 6.16. The maximum atomic E-state index is 6.16. The number of rotatable bonds is 12. The molecular weight excluding hydrogens is 246 g/mol. The molecule has 0 aliphatic rings. The van der Waals surface area contributed by atoms with E-state index in [0.717, 1.165) is 17.7 Å². The summed E-state index contributed by atoms with van der Waals surface area (Å²) < 4.78 is 5.31. The third-order valence-electron chi connectivity index (χ3n) is 4.05. The summed E-state index contributed by atoms with van der Waals surface area (Å²) in [7, 11) is 0. The van der Waals surface area contributed by atoms with E-state index < -0.39 is 0 Å². The van der Waals surface area contributed by atoms with Gasteiger partial charge in [0, 0.05) is 11.6 Å². The van der Waals surface area contributed by atoms with Crippen LogP contribution >= 0.6 is 0 Å². The van der Waals surface area contributed by atoms with Crippen molar-refractivity contribution in [2.45, 2.75) is 90.5 Å². The molecule has 1 aromatic rings. The van der Waals surface area contributed by atoms with E-state index in [0.29, 0.717) is 0 Å². The van der Waals surface area contributed by atoms with Crippen molar-refractivity contribution < 1.29 is 4.42 Å². The summed E-state index contributed by atoms with van der Waals surface area (Å²) in [6.45, 7) is 4.24. The number of hydrogen-bond donors (Lipinski definition) is 1. The first-order valence-electron chi connectivity index (χ1n) is 8.54. The van der Waals surface area contributed by atoms with Crippen molar-refractivity contribution >= 4 is 0 Å². The van der Waals surface area contributed by atoms with Gasteiger partial charge in [0.15, 0.2) is 0 Å². The quantitative estimate of drug-likeness (QED) is 0.484. The Kier molecular flexibility index (Phi) is 9.48. The summed E-state index contributed by atoms with van der Waals surface area (Å²) in [5.41, 5.74) is 7.31. The SMILES string of the molecule is CCCCCCCCCCCCC(N)c1coc(C)c1. The minimum Gasteiger partial charge on any atom is -0.469 e. The standard InChI is InChI=1S/C18H33NO/c1-3-4-5-6-7-8-9-10-11-12-13-18(19)17-14-16(2)20-15-17/h14-15,18H,3-13,19H2,1-2H3. The maximum Gasteiger partial charge on any atom is 0.101 e. The first kappa shape index (κ1) is 17.3. The van der Waals surface area contributed by atoms with E-state index in [1.807, 2.05) is 6.92 Å². The molecule has 0 aliphatic heterocycles. The van der Waals surface area contributed by atoms with E-state index in [9.17, 15) is 0 Å². The number of unbranched alkanes of at least 4 members (excludes halogenated alkanes) is 9. The molecule has 0 fully saturated rings. The number of aryl methyl sites for hydroxylation is 1. The van der Waals surface area contributed by atoms with Gasteiger partial charge in [-0.15, -0.1) is 0 Å². The van der Waals surface area contributed by atoms with Crippen LogP contribution in [0.3, 0.4) is 0 Å². The second-order valence-corrected chi connectivity index (χ2v) is 6.07. The molecule has 0 spiro atoms. The Morgan fingerprint density at radius 2 is 1.50 bits per heavy atom. The van der Waals surface area contributed by atoms with E-state index in [1.165, 1.54) is 64.2 Å². The lowest BCUT2D eigenvalue weighted by Gasteiger charge is -2.08. The molecule has 1 aromatic heterocycles. The van der Waals surface area contributed by atoms with Crippen LogP contribution in [-0.4, -0.2) is 0 Å². The first-order valence-corrected chi connectivity index (χ1v) is 8.54. The monoisotopic (exact) mass is 279 g/mol. The highest BCUT2D eigenvalue weighted by Gasteiger charge is 2.07. The first-order chi connectivity index (χ1) is 9.74. The lowest BCUT2D eigenvalue weighted by molar-refractivity contribution is 0.514. The van der Waals surface area contributed by atoms with E-state index in [-0.39, 0.29) is 6.04 Å². The van der Waals surface area contributed by atoms with Gasteiger partial charge in [0.25, 0.3) is 0 Å². The van der Waals surface area contributed by atoms with E-state index in [2.05, 4.69) is 13.0 Å². The van der Waals surface area contributed by atoms with Gasteiger partial charge >= 0.3 is 0 Å². The topological polar surface area (TPSA) is 39.2 Å². The second-order valence-electron chi connectivity index (χ2n) is 6.07. The van der Waals surface area contributed by atoms with Gasteiger partial charge in [-0.25, -0.2) is 0 Å². The summed E-state index contributed by atoms with van der Waals surface area (Å²) in [5, 5.41) is 0. The zero-order valence-corrected chi connectivity index (χ0v) is 13.5. The van der Waals surface area contributed by atoms with Crippen LogP contribution in [0.4, 0.5) is 0 Å². The van der Waals surface area contributed by atoms with Crippen LogP contribution in [0.25, 0.3) is 0 Å². The molecule has 0 aromatic carbocycles. The van der Waals surface area contributed by atoms with Gasteiger partial charge in [-0.1, -0.05) is 71.1 Å². The van der Waals surface area contributed by atoms with E-state index in [4.69, 9.17) is 10.2 Å². The average Bonchev–Trinajstić information content (AvgIpc) is 2.87. The largest absolute Gasteiger partial charge is 0.469 e. The van der Waals surface area contributed by atoms with Crippen molar-refractivity contribution in [2.75, 3.05) is 0 Å². The van der Waals surface area contributed by atoms with Gasteiger partial charge in [-0.3, -0.25) is 0 Å². The zero-order chi connectivity index (χ0) is 14.6. The van der Waals surface area contributed by atoms with Gasteiger partial charge in [-0.2, -0.15) is 0 Å². The van der Waals surface area contributed by atoms with Crippen molar-refractivity contribution in [3.05, 3.63) is 23.7 Å². The summed E-state index contributed by atoms with van der Waals surface area (Å²) in [4.78, 5) is 0. The van der Waals surface area contributed by atoms with Crippen LogP contribution < -0.4 is 5.73 Å². The predicted octanol–water partition coefficient (Wildman–Crippen LogP) is 5.90. The highest BCUT2D eigenvalue weighted by molar-refractivity contribution is 5.15. The minimum atomic E-state index is 0.154. The molecule has 2 N–H and O–H groups in total. The van der Waals surface area contributed by atoms with E-state index in [1.54, 1.807) is 6.26 Å². The summed E-state index contributed by atoms with van der Waals surface area (Å²) in [5.74, 6) is 0.957. The van der Waals surface area contributed by atoms with Crippen molar-refractivity contribution in [3.63, 3.8) is 0 Å². The molecule has 1 unspecified atom stereocenters. The third kappa shape index (κ3) is 7.74. The summed E-state index contributed by atoms with van der Waals surface area (Å²) >= 11 is 0. The highest BCUT2D eigenvalue weighted by atomic mass is 16.3. The molecule has 0 amide bonds. The average molecular weight is 279 g/mol. The number of nitrogens with two attached hydrogens (primary N) is 1. The summed E-state index contributed by atoms with van der Waals surface area (Å²) in [6, 6.07) is 2.21. The molecule has 0 saturated carbocycles. The van der Waals surface area contributed by atoms with Gasteiger partial charge in [0.2, 0.25) is 0 Å². The Labute approximate surface area is 125 Å². The Morgan fingerprint density at radius 3 is 2.00 bits per heavy atom. The molecule has 0 radical (unpaired) electrons. The van der Waals surface area contributed by atoms with Crippen molar-refractivity contribution in [3.8, 4) is 0 Å². The Bertz CT molecular complexity index is 332. The Balaban J connectivity index is 1.89. The van der Waals surface area contributed by atoms with Gasteiger partial charge in [0.1, 0.15) is 5.76 Å².